The lowest BCUT2D eigenvalue weighted by atomic mass is 10.1. The van der Waals surface area contributed by atoms with Crippen LogP contribution in [-0.4, -0.2) is 28.9 Å². The summed E-state index contributed by atoms with van der Waals surface area (Å²) in [5, 5.41) is 3.96. The van der Waals surface area contributed by atoms with Gasteiger partial charge in [0.05, 0.1) is 28.1 Å². The summed E-state index contributed by atoms with van der Waals surface area (Å²) in [6, 6.07) is 4.18. The second kappa shape index (κ2) is 7.42. The number of rotatable bonds is 4. The van der Waals surface area contributed by atoms with Crippen LogP contribution in [-0.2, 0) is 22.2 Å². The van der Waals surface area contributed by atoms with E-state index in [2.05, 4.69) is 10.1 Å². The van der Waals surface area contributed by atoms with E-state index in [-0.39, 0.29) is 11.3 Å². The molecule has 0 saturated heterocycles. The highest BCUT2D eigenvalue weighted by Crippen LogP contribution is 2.34. The minimum absolute atomic E-state index is 0.115. The molecule has 0 amide bonds. The SMILES string of the molecule is CCS(=O)(=O)c1cc(C(F)(F)F)ccc1-n1cc(-c2ccc(C(F)(F)F)nc2)cn1. The lowest BCUT2D eigenvalue weighted by molar-refractivity contribution is -0.141. The fourth-order valence-corrected chi connectivity index (χ4v) is 3.72. The molecule has 2 heterocycles. The summed E-state index contributed by atoms with van der Waals surface area (Å²) in [4.78, 5) is 2.78. The van der Waals surface area contributed by atoms with Crippen molar-refractivity contribution in [2.24, 2.45) is 0 Å². The maximum absolute atomic E-state index is 13.0. The molecule has 0 N–H and O–H groups in total. The zero-order chi connectivity index (χ0) is 22.3. The molecule has 2 aromatic heterocycles. The molecule has 1 aromatic carbocycles. The van der Waals surface area contributed by atoms with Crippen LogP contribution in [0, 0.1) is 0 Å². The van der Waals surface area contributed by atoms with Crippen LogP contribution in [0.2, 0.25) is 0 Å². The fraction of sp³-hybridized carbons (Fsp3) is 0.222. The van der Waals surface area contributed by atoms with Gasteiger partial charge in [-0.1, -0.05) is 13.0 Å². The van der Waals surface area contributed by atoms with E-state index in [1.165, 1.54) is 19.3 Å². The third-order valence-corrected chi connectivity index (χ3v) is 5.98. The Bertz CT molecular complexity index is 1170. The summed E-state index contributed by atoms with van der Waals surface area (Å²) < 4.78 is 103. The minimum atomic E-state index is -4.74. The molecule has 0 atom stereocenters. The van der Waals surface area contributed by atoms with Crippen molar-refractivity contribution in [3.63, 3.8) is 0 Å². The van der Waals surface area contributed by atoms with E-state index in [1.807, 2.05) is 0 Å². The lowest BCUT2D eigenvalue weighted by Gasteiger charge is -2.13. The van der Waals surface area contributed by atoms with Crippen LogP contribution in [0.15, 0.2) is 53.8 Å². The van der Waals surface area contributed by atoms with Gasteiger partial charge in [0.2, 0.25) is 0 Å². The molecule has 3 aromatic rings. The minimum Gasteiger partial charge on any atom is -0.251 e. The molecular weight excluding hydrogens is 436 g/mol. The first-order valence-electron chi connectivity index (χ1n) is 8.35. The van der Waals surface area contributed by atoms with Gasteiger partial charge in [-0.15, -0.1) is 0 Å². The Labute approximate surface area is 166 Å². The van der Waals surface area contributed by atoms with Gasteiger partial charge < -0.3 is 0 Å². The second-order valence-electron chi connectivity index (χ2n) is 6.19. The van der Waals surface area contributed by atoms with Crippen molar-refractivity contribution in [1.29, 1.82) is 0 Å². The highest BCUT2D eigenvalue weighted by Gasteiger charge is 2.33. The molecule has 0 radical (unpaired) electrons. The first-order chi connectivity index (χ1) is 13.8. The van der Waals surface area contributed by atoms with Gasteiger partial charge in [0.25, 0.3) is 0 Å². The van der Waals surface area contributed by atoms with Crippen molar-refractivity contribution in [3.05, 3.63) is 60.2 Å². The zero-order valence-electron chi connectivity index (χ0n) is 15.2. The average molecular weight is 449 g/mol. The zero-order valence-corrected chi connectivity index (χ0v) is 16.0. The van der Waals surface area contributed by atoms with Gasteiger partial charge in [-0.3, -0.25) is 4.98 Å². The number of benzene rings is 1. The van der Waals surface area contributed by atoms with E-state index in [0.717, 1.165) is 35.1 Å². The smallest absolute Gasteiger partial charge is 0.251 e. The molecule has 0 fully saturated rings. The number of sulfone groups is 1. The predicted molar refractivity (Wildman–Crippen MR) is 94.5 cm³/mol. The van der Waals surface area contributed by atoms with Crippen molar-refractivity contribution in [3.8, 4) is 16.8 Å². The van der Waals surface area contributed by atoms with Crippen LogP contribution >= 0.6 is 0 Å². The highest BCUT2D eigenvalue weighted by atomic mass is 32.2. The van der Waals surface area contributed by atoms with Crippen molar-refractivity contribution < 1.29 is 34.8 Å². The fourth-order valence-electron chi connectivity index (χ4n) is 2.62. The number of alkyl halides is 6. The standard InChI is InChI=1S/C18H13F6N3O2S/c1-2-30(28,29)15-7-13(17(19,20)21)4-5-14(15)27-10-12(9-26-27)11-3-6-16(25-8-11)18(22,23)24/h3-10H,2H2,1H3. The number of nitrogens with zero attached hydrogens (tertiary/aromatic N) is 3. The molecule has 12 heteroatoms. The van der Waals surface area contributed by atoms with Crippen LogP contribution in [0.25, 0.3) is 16.8 Å². The highest BCUT2D eigenvalue weighted by molar-refractivity contribution is 7.91. The number of aromatic nitrogens is 3. The van der Waals surface area contributed by atoms with Crippen LogP contribution < -0.4 is 0 Å². The van der Waals surface area contributed by atoms with Gasteiger partial charge >= 0.3 is 12.4 Å². The Kier molecular flexibility index (Phi) is 5.39. The third kappa shape index (κ3) is 4.32. The van der Waals surface area contributed by atoms with Crippen LogP contribution in [0.1, 0.15) is 18.2 Å². The van der Waals surface area contributed by atoms with Crippen molar-refractivity contribution in [2.75, 3.05) is 5.75 Å². The Morgan fingerprint density at radius 1 is 0.933 bits per heavy atom. The predicted octanol–water partition coefficient (Wildman–Crippen LogP) is 4.77. The summed E-state index contributed by atoms with van der Waals surface area (Å²) in [5.41, 5.74) is -1.76. The summed E-state index contributed by atoms with van der Waals surface area (Å²) in [7, 11) is -4.04. The molecule has 30 heavy (non-hydrogen) atoms. The number of halogens is 6. The van der Waals surface area contributed by atoms with Gasteiger partial charge in [-0.05, 0) is 24.3 Å². The molecule has 0 unspecified atom stereocenters. The van der Waals surface area contributed by atoms with E-state index in [4.69, 9.17) is 0 Å². The molecular formula is C18H13F6N3O2S. The maximum Gasteiger partial charge on any atom is 0.433 e. The topological polar surface area (TPSA) is 64.8 Å². The molecule has 160 valence electrons. The number of hydrogen-bond acceptors (Lipinski definition) is 4. The molecule has 0 aliphatic carbocycles. The Balaban J connectivity index is 2.06. The summed E-state index contributed by atoms with van der Waals surface area (Å²) in [6.45, 7) is 1.29. The Hall–Kier alpha value is -2.89. The van der Waals surface area contributed by atoms with E-state index in [9.17, 15) is 34.8 Å². The average Bonchev–Trinajstić information content (AvgIpc) is 3.16. The van der Waals surface area contributed by atoms with Gasteiger partial charge in [0.15, 0.2) is 9.84 Å². The van der Waals surface area contributed by atoms with Crippen molar-refractivity contribution in [2.45, 2.75) is 24.2 Å². The molecule has 0 bridgehead atoms. The number of hydrogen-bond donors (Lipinski definition) is 0. The van der Waals surface area contributed by atoms with Crippen LogP contribution in [0.3, 0.4) is 0 Å². The first-order valence-corrected chi connectivity index (χ1v) is 10.0. The van der Waals surface area contributed by atoms with E-state index in [1.54, 1.807) is 0 Å². The Morgan fingerprint density at radius 2 is 1.63 bits per heavy atom. The first kappa shape index (κ1) is 21.8. The van der Waals surface area contributed by atoms with E-state index >= 15 is 0 Å². The molecule has 0 spiro atoms. The lowest BCUT2D eigenvalue weighted by Crippen LogP contribution is -2.13. The van der Waals surface area contributed by atoms with Gasteiger partial charge in [-0.25, -0.2) is 13.1 Å². The number of pyridine rings is 1. The largest absolute Gasteiger partial charge is 0.433 e. The normalized spacial score (nSPS) is 12.9. The molecule has 0 aliphatic heterocycles. The van der Waals surface area contributed by atoms with Crippen LogP contribution in [0.5, 0.6) is 0 Å². The third-order valence-electron chi connectivity index (χ3n) is 4.22. The molecule has 5 nitrogen and oxygen atoms in total. The second-order valence-corrected chi connectivity index (χ2v) is 8.43. The van der Waals surface area contributed by atoms with Crippen LogP contribution in [0.4, 0.5) is 26.3 Å². The monoisotopic (exact) mass is 449 g/mol. The summed E-state index contributed by atoms with van der Waals surface area (Å²) in [6.07, 6.45) is -5.84. The van der Waals surface area contributed by atoms with Crippen molar-refractivity contribution >= 4 is 9.84 Å². The van der Waals surface area contributed by atoms with Crippen molar-refractivity contribution in [1.82, 2.24) is 14.8 Å². The Morgan fingerprint density at radius 3 is 2.17 bits per heavy atom. The summed E-state index contributed by atoms with van der Waals surface area (Å²) in [5.74, 6) is -0.432. The maximum atomic E-state index is 13.0. The van der Waals surface area contributed by atoms with Gasteiger partial charge in [0, 0.05) is 23.5 Å². The van der Waals surface area contributed by atoms with Gasteiger partial charge in [-0.2, -0.15) is 31.4 Å². The molecule has 0 aliphatic rings. The molecule has 0 saturated carbocycles. The molecule has 3 rings (SSSR count). The van der Waals surface area contributed by atoms with Gasteiger partial charge in [0.1, 0.15) is 5.69 Å². The quantitative estimate of drug-likeness (QED) is 0.539. The van der Waals surface area contributed by atoms with E-state index in [0.29, 0.717) is 11.6 Å². The van der Waals surface area contributed by atoms with E-state index < -0.39 is 44.1 Å². The summed E-state index contributed by atoms with van der Waals surface area (Å²) >= 11 is 0.